The number of hydrogen-bond donors (Lipinski definition) is 3. The van der Waals surface area contributed by atoms with Gasteiger partial charge in [0.1, 0.15) is 22.5 Å². The zero-order valence-electron chi connectivity index (χ0n) is 17.8. The number of fused-ring (bicyclic) bond motifs is 1. The van der Waals surface area contributed by atoms with E-state index >= 15 is 0 Å². The first-order valence-electron chi connectivity index (χ1n) is 9.86. The largest absolute Gasteiger partial charge is 0.425 e. The smallest absolute Gasteiger partial charge is 0.321 e. The molecular formula is C19H23N5O7S2. The second kappa shape index (κ2) is 9.79. The minimum atomic E-state index is -1.20. The van der Waals surface area contributed by atoms with Gasteiger partial charge in [-0.2, -0.15) is 0 Å². The number of rotatable bonds is 8. The van der Waals surface area contributed by atoms with Crippen LogP contribution in [0, 0.1) is 5.41 Å². The number of β-lactam (4-membered cyclic amide) rings is 1. The number of esters is 2. The number of oxime groups is 1. The Labute approximate surface area is 197 Å². The predicted octanol–water partition coefficient (Wildman–Crippen LogP) is 0.318. The first kappa shape index (κ1) is 24.5. The summed E-state index contributed by atoms with van der Waals surface area (Å²) in [5.74, 6) is -2.15. The standard InChI is InChI=1S/C19H23N5O7S2/c1-4-11(25)30-9(3)31-17(28)19(5-2)7-24-15(27)13(16(24)33-8-19)22-14(26)12(23-29)10-6-32-18(20)21-10/h5-6,9,13,16,29H,2,4,7-8H2,1,3H3,(H2,20,21)(H,22,26)/t9?,13?,16-,19?/m1/s1. The van der Waals surface area contributed by atoms with E-state index in [1.165, 1.54) is 35.0 Å². The Kier molecular flexibility index (Phi) is 7.27. The Morgan fingerprint density at radius 2 is 2.24 bits per heavy atom. The van der Waals surface area contributed by atoms with Gasteiger partial charge in [0.2, 0.25) is 12.2 Å². The first-order chi connectivity index (χ1) is 15.7. The lowest BCUT2D eigenvalue weighted by Crippen LogP contribution is -2.74. The second-order valence-corrected chi connectivity index (χ2v) is 9.31. The van der Waals surface area contributed by atoms with Crippen LogP contribution >= 0.6 is 23.1 Å². The summed E-state index contributed by atoms with van der Waals surface area (Å²) in [7, 11) is 0. The number of carbonyl (C=O) groups excluding carboxylic acids is 4. The van der Waals surface area contributed by atoms with Crippen LogP contribution in [0.4, 0.5) is 5.13 Å². The molecule has 2 saturated heterocycles. The Balaban J connectivity index is 1.63. The molecular weight excluding hydrogens is 474 g/mol. The number of carbonyl (C=O) groups is 4. The highest BCUT2D eigenvalue weighted by Gasteiger charge is 2.57. The van der Waals surface area contributed by atoms with Gasteiger partial charge < -0.3 is 30.6 Å². The highest BCUT2D eigenvalue weighted by molar-refractivity contribution is 8.00. The molecule has 178 valence electrons. The van der Waals surface area contributed by atoms with Crippen LogP contribution in [-0.4, -0.2) is 74.6 Å². The van der Waals surface area contributed by atoms with E-state index in [1.54, 1.807) is 6.92 Å². The van der Waals surface area contributed by atoms with Gasteiger partial charge in [-0.05, 0) is 0 Å². The number of nitrogens with two attached hydrogens (primary N) is 1. The summed E-state index contributed by atoms with van der Waals surface area (Å²) in [6, 6.07) is -0.876. The molecule has 4 N–H and O–H groups in total. The normalized spacial score (nSPS) is 25.3. The fraction of sp³-hybridized carbons (Fsp3) is 0.474. The van der Waals surface area contributed by atoms with E-state index in [0.717, 1.165) is 11.3 Å². The molecule has 33 heavy (non-hydrogen) atoms. The molecule has 2 amide bonds. The molecule has 4 atom stereocenters. The van der Waals surface area contributed by atoms with Crippen LogP contribution in [0.5, 0.6) is 0 Å². The topological polar surface area (TPSA) is 174 Å². The summed E-state index contributed by atoms with van der Waals surface area (Å²) in [6.45, 7) is 6.76. The van der Waals surface area contributed by atoms with Crippen LogP contribution in [0.1, 0.15) is 26.0 Å². The fourth-order valence-electron chi connectivity index (χ4n) is 3.30. The Bertz CT molecular complexity index is 1010. The van der Waals surface area contributed by atoms with Gasteiger partial charge in [-0.25, -0.2) is 4.98 Å². The number of thiazole rings is 1. The predicted molar refractivity (Wildman–Crippen MR) is 119 cm³/mol. The van der Waals surface area contributed by atoms with Crippen LogP contribution < -0.4 is 11.1 Å². The minimum Gasteiger partial charge on any atom is -0.425 e. The van der Waals surface area contributed by atoms with Gasteiger partial charge >= 0.3 is 11.9 Å². The van der Waals surface area contributed by atoms with Gasteiger partial charge in [-0.1, -0.05) is 18.2 Å². The fourth-order valence-corrected chi connectivity index (χ4v) is 5.38. The van der Waals surface area contributed by atoms with Gasteiger partial charge in [0.25, 0.3) is 5.91 Å². The number of aromatic nitrogens is 1. The number of nitrogens with zero attached hydrogens (tertiary/aromatic N) is 3. The van der Waals surface area contributed by atoms with Gasteiger partial charge in [-0.15, -0.1) is 29.7 Å². The van der Waals surface area contributed by atoms with E-state index < -0.39 is 46.9 Å². The van der Waals surface area contributed by atoms with E-state index in [1.807, 2.05) is 0 Å². The summed E-state index contributed by atoms with van der Waals surface area (Å²) in [4.78, 5) is 54.8. The van der Waals surface area contributed by atoms with E-state index in [0.29, 0.717) is 0 Å². The number of nitrogens with one attached hydrogen (secondary N) is 1. The summed E-state index contributed by atoms with van der Waals surface area (Å²) in [5.41, 5.74) is 4.07. The summed E-state index contributed by atoms with van der Waals surface area (Å²) in [5, 5.41) is 16.0. The highest BCUT2D eigenvalue weighted by atomic mass is 32.2. The molecule has 1 aromatic heterocycles. The molecule has 2 aliphatic heterocycles. The second-order valence-electron chi connectivity index (χ2n) is 7.32. The number of thioether (sulfide) groups is 1. The zero-order chi connectivity index (χ0) is 24.3. The van der Waals surface area contributed by atoms with Crippen molar-refractivity contribution in [2.24, 2.45) is 10.6 Å². The maximum atomic E-state index is 12.8. The SMILES string of the molecule is C=CC1(C(=O)OC(C)OC(=O)CC)CS[C@@H]2C(NC(=O)C(=NO)c3csc(N)n3)C(=O)N2C1. The molecule has 2 fully saturated rings. The van der Waals surface area contributed by atoms with Crippen molar-refractivity contribution in [3.63, 3.8) is 0 Å². The molecule has 3 unspecified atom stereocenters. The van der Waals surface area contributed by atoms with Gasteiger partial charge in [0.15, 0.2) is 10.8 Å². The lowest BCUT2D eigenvalue weighted by atomic mass is 9.87. The lowest BCUT2D eigenvalue weighted by Gasteiger charge is -2.53. The molecule has 12 nitrogen and oxygen atoms in total. The quantitative estimate of drug-likeness (QED) is 0.0863. The van der Waals surface area contributed by atoms with Crippen molar-refractivity contribution in [3.8, 4) is 0 Å². The molecule has 0 radical (unpaired) electrons. The van der Waals surface area contributed by atoms with E-state index in [4.69, 9.17) is 15.2 Å². The molecule has 2 aliphatic rings. The lowest BCUT2D eigenvalue weighted by molar-refractivity contribution is -0.190. The molecule has 3 heterocycles. The van der Waals surface area contributed by atoms with E-state index in [9.17, 15) is 24.4 Å². The molecule has 0 aromatic carbocycles. The van der Waals surface area contributed by atoms with Gasteiger partial charge in [-0.3, -0.25) is 19.2 Å². The first-order valence-corrected chi connectivity index (χ1v) is 11.8. The third-order valence-corrected chi connectivity index (χ3v) is 7.35. The molecule has 3 rings (SSSR count). The average molecular weight is 498 g/mol. The summed E-state index contributed by atoms with van der Waals surface area (Å²) < 4.78 is 10.2. The number of ether oxygens (including phenoxy) is 2. The van der Waals surface area contributed by atoms with Crippen LogP contribution in [0.2, 0.25) is 0 Å². The maximum Gasteiger partial charge on any atom is 0.321 e. The van der Waals surface area contributed by atoms with Gasteiger partial charge in [0, 0.05) is 31.0 Å². The van der Waals surface area contributed by atoms with E-state index in [-0.39, 0.29) is 35.3 Å². The molecule has 0 saturated carbocycles. The van der Waals surface area contributed by atoms with Gasteiger partial charge in [0.05, 0.1) is 0 Å². The molecule has 0 bridgehead atoms. The van der Waals surface area contributed by atoms with Crippen LogP contribution in [-0.2, 0) is 28.7 Å². The number of hydrogen-bond acceptors (Lipinski definition) is 12. The van der Waals surface area contributed by atoms with Crippen molar-refractivity contribution in [2.45, 2.75) is 38.0 Å². The number of nitrogen functional groups attached to an aromatic ring is 1. The third-order valence-electron chi connectivity index (χ3n) is 5.13. The van der Waals surface area contributed by atoms with Crippen LogP contribution in [0.3, 0.4) is 0 Å². The van der Waals surface area contributed by atoms with Crippen LogP contribution in [0.15, 0.2) is 23.2 Å². The zero-order valence-corrected chi connectivity index (χ0v) is 19.5. The highest BCUT2D eigenvalue weighted by Crippen LogP contribution is 2.43. The van der Waals surface area contributed by atoms with Crippen LogP contribution in [0.25, 0.3) is 0 Å². The summed E-state index contributed by atoms with van der Waals surface area (Å²) >= 11 is 2.34. The minimum absolute atomic E-state index is 0.00376. The molecule has 0 spiro atoms. The molecule has 14 heteroatoms. The molecule has 1 aromatic rings. The Hall–Kier alpha value is -3.13. The van der Waals surface area contributed by atoms with Crippen molar-refractivity contribution in [1.29, 1.82) is 0 Å². The third kappa shape index (κ3) is 4.80. The van der Waals surface area contributed by atoms with Crippen molar-refractivity contribution in [2.75, 3.05) is 18.0 Å². The maximum absolute atomic E-state index is 12.8. The number of anilines is 1. The number of amides is 2. The molecule has 0 aliphatic carbocycles. The van der Waals surface area contributed by atoms with Crippen molar-refractivity contribution in [3.05, 3.63) is 23.7 Å². The van der Waals surface area contributed by atoms with E-state index in [2.05, 4.69) is 22.0 Å². The Morgan fingerprint density at radius 3 is 2.82 bits per heavy atom. The van der Waals surface area contributed by atoms with Crippen molar-refractivity contribution >= 4 is 57.7 Å². The van der Waals surface area contributed by atoms with Crippen molar-refractivity contribution < 1.29 is 33.9 Å². The average Bonchev–Trinajstić information content (AvgIpc) is 3.22. The summed E-state index contributed by atoms with van der Waals surface area (Å²) in [6.07, 6.45) is 0.467. The monoisotopic (exact) mass is 497 g/mol. The van der Waals surface area contributed by atoms with Crippen molar-refractivity contribution in [1.82, 2.24) is 15.2 Å². The Morgan fingerprint density at radius 1 is 1.52 bits per heavy atom.